The fourth-order valence-electron chi connectivity index (χ4n) is 4.59. The first-order valence-corrected chi connectivity index (χ1v) is 12.7. The lowest BCUT2D eigenvalue weighted by Crippen LogP contribution is -2.25. The number of hydrogen-bond acceptors (Lipinski definition) is 3. The molecule has 2 aromatic carbocycles. The number of hydrogen-bond donors (Lipinski definition) is 2. The van der Waals surface area contributed by atoms with Crippen molar-refractivity contribution < 1.29 is 22.4 Å². The lowest BCUT2D eigenvalue weighted by atomic mass is 9.99. The number of carbonyl (C=O) groups excluding carboxylic acids is 1. The van der Waals surface area contributed by atoms with Crippen LogP contribution >= 0.6 is 0 Å². The number of rotatable bonds is 8. The SMILES string of the molecule is CCn1cc(-c2cc(Cn3ccn(C4CC4)c3=N)cc(C(=O)NCc3ccc(F)c(C)c3)c2)c(C(F)(F)F)n1. The van der Waals surface area contributed by atoms with Gasteiger partial charge in [0.05, 0.1) is 6.54 Å². The first kappa shape index (κ1) is 26.5. The van der Waals surface area contributed by atoms with Gasteiger partial charge in [0.1, 0.15) is 5.82 Å². The van der Waals surface area contributed by atoms with Gasteiger partial charge < -0.3 is 14.5 Å². The Balaban J connectivity index is 1.52. The van der Waals surface area contributed by atoms with Crippen LogP contribution in [0.4, 0.5) is 17.6 Å². The van der Waals surface area contributed by atoms with E-state index < -0.39 is 17.8 Å². The molecule has 2 heterocycles. The number of aryl methyl sites for hydroxylation is 2. The van der Waals surface area contributed by atoms with E-state index >= 15 is 0 Å². The van der Waals surface area contributed by atoms with E-state index in [2.05, 4.69) is 10.4 Å². The molecule has 4 aromatic rings. The number of carbonyl (C=O) groups is 1. The van der Waals surface area contributed by atoms with Gasteiger partial charge in [0.25, 0.3) is 5.91 Å². The van der Waals surface area contributed by atoms with Gasteiger partial charge in [0.2, 0.25) is 5.62 Å². The summed E-state index contributed by atoms with van der Waals surface area (Å²) in [6.45, 7) is 3.89. The Kier molecular flexibility index (Phi) is 6.92. The number of amides is 1. The van der Waals surface area contributed by atoms with Crippen LogP contribution in [0.3, 0.4) is 0 Å². The molecule has 5 rings (SSSR count). The largest absolute Gasteiger partial charge is 0.435 e. The minimum Gasteiger partial charge on any atom is -0.348 e. The molecule has 1 aliphatic rings. The second-order valence-electron chi connectivity index (χ2n) is 9.82. The van der Waals surface area contributed by atoms with E-state index in [1.54, 1.807) is 48.9 Å². The maximum atomic E-state index is 13.9. The average molecular weight is 541 g/mol. The van der Waals surface area contributed by atoms with Gasteiger partial charge in [-0.1, -0.05) is 12.1 Å². The van der Waals surface area contributed by atoms with Gasteiger partial charge in [-0.2, -0.15) is 18.3 Å². The summed E-state index contributed by atoms with van der Waals surface area (Å²) in [5.74, 6) is -0.833. The zero-order valence-electron chi connectivity index (χ0n) is 21.5. The average Bonchev–Trinajstić information content (AvgIpc) is 3.53. The van der Waals surface area contributed by atoms with Crippen molar-refractivity contribution in [2.24, 2.45) is 0 Å². The molecule has 0 saturated heterocycles. The van der Waals surface area contributed by atoms with Crippen LogP contribution < -0.4 is 10.9 Å². The standard InChI is InChI=1S/C28H28F4N6O/c1-3-37-16-23(25(35-37)28(30,31)32)20-11-19(15-36-8-9-38(27(36)33)22-5-6-22)12-21(13-20)26(39)34-14-18-4-7-24(29)17(2)10-18/h4,7-13,16,22,33H,3,5-6,14-15H2,1-2H3,(H,34,39). The molecule has 11 heteroatoms. The molecule has 0 atom stereocenters. The van der Waals surface area contributed by atoms with Crippen LogP contribution in [0, 0.1) is 18.2 Å². The van der Waals surface area contributed by atoms with Gasteiger partial charge in [-0.05, 0) is 73.2 Å². The Hall–Kier alpha value is -4.15. The third kappa shape index (κ3) is 5.67. The maximum absolute atomic E-state index is 13.9. The molecule has 0 radical (unpaired) electrons. The summed E-state index contributed by atoms with van der Waals surface area (Å²) in [7, 11) is 0. The number of nitrogens with one attached hydrogen (secondary N) is 2. The molecule has 2 N–H and O–H groups in total. The van der Waals surface area contributed by atoms with E-state index in [1.165, 1.54) is 23.0 Å². The van der Waals surface area contributed by atoms with Crippen molar-refractivity contribution >= 4 is 5.91 Å². The van der Waals surface area contributed by atoms with Crippen LogP contribution in [-0.2, 0) is 25.8 Å². The molecule has 39 heavy (non-hydrogen) atoms. The second kappa shape index (κ2) is 10.2. The van der Waals surface area contributed by atoms with Crippen LogP contribution in [0.15, 0.2) is 55.0 Å². The van der Waals surface area contributed by atoms with Crippen molar-refractivity contribution in [3.63, 3.8) is 0 Å². The molecule has 1 saturated carbocycles. The lowest BCUT2D eigenvalue weighted by Gasteiger charge is -2.13. The normalized spacial score (nSPS) is 13.6. The molecule has 1 fully saturated rings. The Morgan fingerprint density at radius 3 is 2.56 bits per heavy atom. The van der Waals surface area contributed by atoms with Gasteiger partial charge in [-0.25, -0.2) is 4.39 Å². The summed E-state index contributed by atoms with van der Waals surface area (Å²) >= 11 is 0. The fourth-order valence-corrected chi connectivity index (χ4v) is 4.59. The summed E-state index contributed by atoms with van der Waals surface area (Å²) in [5.41, 5.74) is 1.22. The predicted molar refractivity (Wildman–Crippen MR) is 136 cm³/mol. The first-order valence-electron chi connectivity index (χ1n) is 12.7. The quantitative estimate of drug-likeness (QED) is 0.292. The Morgan fingerprint density at radius 2 is 1.90 bits per heavy atom. The van der Waals surface area contributed by atoms with Crippen molar-refractivity contribution in [1.82, 2.24) is 24.2 Å². The topological polar surface area (TPSA) is 80.6 Å². The molecule has 0 bridgehead atoms. The van der Waals surface area contributed by atoms with Crippen molar-refractivity contribution in [1.29, 1.82) is 5.41 Å². The highest BCUT2D eigenvalue weighted by molar-refractivity contribution is 5.95. The first-order chi connectivity index (χ1) is 18.5. The van der Waals surface area contributed by atoms with Gasteiger partial charge >= 0.3 is 6.18 Å². The van der Waals surface area contributed by atoms with Crippen molar-refractivity contribution in [3.8, 4) is 11.1 Å². The molecule has 0 aliphatic heterocycles. The molecule has 7 nitrogen and oxygen atoms in total. The maximum Gasteiger partial charge on any atom is 0.435 e. The Morgan fingerprint density at radius 1 is 1.13 bits per heavy atom. The predicted octanol–water partition coefficient (Wildman–Crippen LogP) is 5.43. The van der Waals surface area contributed by atoms with Crippen molar-refractivity contribution in [2.45, 2.75) is 58.5 Å². The van der Waals surface area contributed by atoms with E-state index in [4.69, 9.17) is 5.41 Å². The monoisotopic (exact) mass is 540 g/mol. The van der Waals surface area contributed by atoms with Gasteiger partial charge in [-0.15, -0.1) is 0 Å². The van der Waals surface area contributed by atoms with Crippen LogP contribution in [0.5, 0.6) is 0 Å². The Bertz CT molecular complexity index is 1590. The fraction of sp³-hybridized carbons (Fsp3) is 0.321. The number of nitrogens with zero attached hydrogens (tertiary/aromatic N) is 4. The smallest absolute Gasteiger partial charge is 0.348 e. The van der Waals surface area contributed by atoms with Gasteiger partial charge in [0, 0.05) is 48.8 Å². The highest BCUT2D eigenvalue weighted by Gasteiger charge is 2.37. The molecular formula is C28H28F4N6O. The van der Waals surface area contributed by atoms with Crippen LogP contribution in [0.2, 0.25) is 0 Å². The van der Waals surface area contributed by atoms with Gasteiger partial charge in [0.15, 0.2) is 5.69 Å². The van der Waals surface area contributed by atoms with Gasteiger partial charge in [-0.3, -0.25) is 14.9 Å². The number of aromatic nitrogens is 4. The highest BCUT2D eigenvalue weighted by atomic mass is 19.4. The van der Waals surface area contributed by atoms with E-state index in [9.17, 15) is 22.4 Å². The highest BCUT2D eigenvalue weighted by Crippen LogP contribution is 2.37. The number of benzene rings is 2. The third-order valence-corrected chi connectivity index (χ3v) is 6.81. The van der Waals surface area contributed by atoms with Crippen molar-refractivity contribution in [2.75, 3.05) is 0 Å². The summed E-state index contributed by atoms with van der Waals surface area (Å²) in [4.78, 5) is 13.2. The van der Waals surface area contributed by atoms with Crippen LogP contribution in [0.25, 0.3) is 11.1 Å². The number of alkyl halides is 3. The minimum absolute atomic E-state index is 0.122. The zero-order valence-corrected chi connectivity index (χ0v) is 21.5. The Labute approximate surface area is 222 Å². The zero-order chi connectivity index (χ0) is 27.9. The summed E-state index contributed by atoms with van der Waals surface area (Å²) in [6, 6.07) is 9.46. The molecular weight excluding hydrogens is 512 g/mol. The molecule has 1 aliphatic carbocycles. The van der Waals surface area contributed by atoms with Crippen molar-refractivity contribution in [3.05, 3.63) is 94.4 Å². The molecule has 0 spiro atoms. The summed E-state index contributed by atoms with van der Waals surface area (Å²) in [5, 5.41) is 15.0. The second-order valence-corrected chi connectivity index (χ2v) is 9.82. The van der Waals surface area contributed by atoms with E-state index in [0.29, 0.717) is 22.7 Å². The summed E-state index contributed by atoms with van der Waals surface area (Å²) < 4.78 is 60.1. The van der Waals surface area contributed by atoms with E-state index in [-0.39, 0.29) is 47.8 Å². The number of halogens is 4. The molecule has 1 amide bonds. The van der Waals surface area contributed by atoms with Crippen LogP contribution in [0.1, 0.15) is 58.5 Å². The minimum atomic E-state index is -4.68. The number of imidazole rings is 1. The molecule has 0 unspecified atom stereocenters. The summed E-state index contributed by atoms with van der Waals surface area (Å²) in [6.07, 6.45) is 2.26. The third-order valence-electron chi connectivity index (χ3n) is 6.81. The molecule has 204 valence electrons. The van der Waals surface area contributed by atoms with Crippen LogP contribution in [-0.4, -0.2) is 24.8 Å². The lowest BCUT2D eigenvalue weighted by molar-refractivity contribution is -0.141. The van der Waals surface area contributed by atoms with E-state index in [0.717, 1.165) is 12.8 Å². The van der Waals surface area contributed by atoms with E-state index in [1.807, 2.05) is 10.8 Å². The molecule has 2 aromatic heterocycles.